The number of nitrogens with zero attached hydrogens (tertiary/aromatic N) is 6. The van der Waals surface area contributed by atoms with Crippen LogP contribution in [0.4, 0.5) is 5.95 Å². The second-order valence-electron chi connectivity index (χ2n) is 8.02. The molecule has 0 radical (unpaired) electrons. The zero-order chi connectivity index (χ0) is 21.0. The third kappa shape index (κ3) is 4.54. The average molecular weight is 435 g/mol. The van der Waals surface area contributed by atoms with E-state index in [1.807, 2.05) is 29.1 Å². The molecule has 0 saturated carbocycles. The number of piperidine rings is 1. The van der Waals surface area contributed by atoms with Gasteiger partial charge in [-0.1, -0.05) is 30.8 Å². The van der Waals surface area contributed by atoms with Crippen molar-refractivity contribution in [1.29, 1.82) is 0 Å². The maximum absolute atomic E-state index is 5.62. The number of thioether (sulfide) groups is 1. The first-order valence-electron chi connectivity index (χ1n) is 10.7. The predicted molar refractivity (Wildman–Crippen MR) is 122 cm³/mol. The van der Waals surface area contributed by atoms with Gasteiger partial charge in [-0.05, 0) is 54.7 Å². The lowest BCUT2D eigenvalue weighted by Crippen LogP contribution is -2.35. The smallest absolute Gasteiger partial charge is 0.228 e. The molecule has 160 valence electrons. The molecule has 4 heterocycles. The van der Waals surface area contributed by atoms with Crippen molar-refractivity contribution < 1.29 is 4.42 Å². The van der Waals surface area contributed by atoms with Gasteiger partial charge in [0.2, 0.25) is 5.95 Å². The molecule has 8 heteroatoms. The Balaban J connectivity index is 1.33. The van der Waals surface area contributed by atoms with Gasteiger partial charge < -0.3 is 9.32 Å². The van der Waals surface area contributed by atoms with Crippen molar-refractivity contribution in [3.63, 3.8) is 0 Å². The van der Waals surface area contributed by atoms with Crippen molar-refractivity contribution in [2.45, 2.75) is 37.2 Å². The van der Waals surface area contributed by atoms with E-state index in [-0.39, 0.29) is 0 Å². The van der Waals surface area contributed by atoms with Crippen molar-refractivity contribution in [3.8, 4) is 5.69 Å². The molecule has 0 amide bonds. The summed E-state index contributed by atoms with van der Waals surface area (Å²) >= 11 is 1.71. The Morgan fingerprint density at radius 1 is 1.06 bits per heavy atom. The molecule has 3 aromatic heterocycles. The Hall–Kier alpha value is -3.00. The molecule has 0 atom stereocenters. The monoisotopic (exact) mass is 434 g/mol. The fourth-order valence-corrected chi connectivity index (χ4v) is 4.73. The van der Waals surface area contributed by atoms with E-state index in [0.29, 0.717) is 6.54 Å². The van der Waals surface area contributed by atoms with E-state index in [4.69, 9.17) is 4.42 Å². The van der Waals surface area contributed by atoms with E-state index >= 15 is 0 Å². The van der Waals surface area contributed by atoms with E-state index < -0.39 is 0 Å². The molecule has 31 heavy (non-hydrogen) atoms. The van der Waals surface area contributed by atoms with Gasteiger partial charge in [0.25, 0.3) is 0 Å². The van der Waals surface area contributed by atoms with Gasteiger partial charge in [0.15, 0.2) is 5.16 Å². The van der Waals surface area contributed by atoms with Crippen LogP contribution < -0.4 is 4.90 Å². The third-order valence-electron chi connectivity index (χ3n) is 5.73. The van der Waals surface area contributed by atoms with Crippen molar-refractivity contribution >= 4 is 17.7 Å². The van der Waals surface area contributed by atoms with Crippen molar-refractivity contribution in [2.24, 2.45) is 5.92 Å². The Labute approximate surface area is 186 Å². The normalized spacial score (nSPS) is 14.9. The van der Waals surface area contributed by atoms with Crippen LogP contribution in [-0.4, -0.2) is 37.6 Å². The van der Waals surface area contributed by atoms with E-state index in [2.05, 4.69) is 56.0 Å². The van der Waals surface area contributed by atoms with Crippen LogP contribution in [0.1, 0.15) is 31.1 Å². The van der Waals surface area contributed by atoms with Crippen LogP contribution in [0, 0.1) is 5.92 Å². The number of hydrogen-bond donors (Lipinski definition) is 0. The summed E-state index contributed by atoms with van der Waals surface area (Å²) in [6.07, 6.45) is 7.84. The highest BCUT2D eigenvalue weighted by Gasteiger charge is 2.23. The van der Waals surface area contributed by atoms with Gasteiger partial charge in [0.05, 0.1) is 18.5 Å². The molecule has 7 nitrogen and oxygen atoms in total. The fraction of sp³-hybridized carbons (Fsp3) is 0.348. The Kier molecular flexibility index (Phi) is 5.80. The van der Waals surface area contributed by atoms with Gasteiger partial charge in [-0.15, -0.1) is 10.2 Å². The highest BCUT2D eigenvalue weighted by atomic mass is 32.2. The molecule has 0 unspecified atom stereocenters. The molecule has 1 fully saturated rings. The molecular weight excluding hydrogens is 408 g/mol. The molecule has 0 N–H and O–H groups in total. The average Bonchev–Trinajstić information content (AvgIpc) is 3.57. The first-order valence-corrected chi connectivity index (χ1v) is 11.7. The molecule has 4 aromatic rings. The minimum absolute atomic E-state index is 0.641. The molecule has 1 aliphatic rings. The standard InChI is InChI=1S/C23H26N6OS/c1-18-9-13-27(14-10-18)22-25-26-23(28(22)16-21-4-2-15-30-21)31-17-19-5-7-20(8-6-19)29-12-3-11-24-29/h2-8,11-12,15,18H,9-10,13-14,16-17H2,1H3. The lowest BCUT2D eigenvalue weighted by atomic mass is 10.00. The summed E-state index contributed by atoms with van der Waals surface area (Å²) in [5.74, 6) is 3.46. The first kappa shape index (κ1) is 19.9. The number of anilines is 1. The Bertz CT molecular complexity index is 1080. The van der Waals surface area contributed by atoms with Gasteiger partial charge >= 0.3 is 0 Å². The van der Waals surface area contributed by atoms with Gasteiger partial charge in [0, 0.05) is 31.2 Å². The van der Waals surface area contributed by atoms with Gasteiger partial charge in [-0.3, -0.25) is 4.57 Å². The van der Waals surface area contributed by atoms with Gasteiger partial charge in [-0.2, -0.15) is 5.10 Å². The molecule has 1 aromatic carbocycles. The summed E-state index contributed by atoms with van der Waals surface area (Å²) in [7, 11) is 0. The Morgan fingerprint density at radius 3 is 2.61 bits per heavy atom. The van der Waals surface area contributed by atoms with E-state index in [1.165, 1.54) is 18.4 Å². The van der Waals surface area contributed by atoms with Crippen molar-refractivity contribution in [3.05, 3.63) is 72.4 Å². The summed E-state index contributed by atoms with van der Waals surface area (Å²) in [6, 6.07) is 14.3. The highest BCUT2D eigenvalue weighted by molar-refractivity contribution is 7.98. The summed E-state index contributed by atoms with van der Waals surface area (Å²) < 4.78 is 9.68. The van der Waals surface area contributed by atoms with Gasteiger partial charge in [-0.25, -0.2) is 4.68 Å². The zero-order valence-electron chi connectivity index (χ0n) is 17.6. The molecule has 5 rings (SSSR count). The largest absolute Gasteiger partial charge is 0.467 e. The molecule has 0 aliphatic carbocycles. The second kappa shape index (κ2) is 9.01. The summed E-state index contributed by atoms with van der Waals surface area (Å²) in [5.41, 5.74) is 2.29. The minimum Gasteiger partial charge on any atom is -0.467 e. The Morgan fingerprint density at radius 2 is 1.90 bits per heavy atom. The maximum atomic E-state index is 5.62. The number of benzene rings is 1. The first-order chi connectivity index (χ1) is 15.3. The predicted octanol–water partition coefficient (Wildman–Crippen LogP) is 4.63. The van der Waals surface area contributed by atoms with Crippen LogP contribution >= 0.6 is 11.8 Å². The SMILES string of the molecule is CC1CCN(c2nnc(SCc3ccc(-n4cccn4)cc3)n2Cc2ccco2)CC1. The van der Waals surface area contributed by atoms with E-state index in [0.717, 1.165) is 47.3 Å². The third-order valence-corrected chi connectivity index (χ3v) is 6.77. The van der Waals surface area contributed by atoms with Crippen molar-refractivity contribution in [1.82, 2.24) is 24.5 Å². The van der Waals surface area contributed by atoms with Crippen LogP contribution in [0.5, 0.6) is 0 Å². The second-order valence-corrected chi connectivity index (χ2v) is 8.97. The van der Waals surface area contributed by atoms with Crippen LogP contribution in [0.25, 0.3) is 5.69 Å². The molecule has 0 bridgehead atoms. The topological polar surface area (TPSA) is 64.9 Å². The number of aromatic nitrogens is 5. The quantitative estimate of drug-likeness (QED) is 0.395. The maximum Gasteiger partial charge on any atom is 0.228 e. The molecular formula is C23H26N6OS. The number of furan rings is 1. The summed E-state index contributed by atoms with van der Waals surface area (Å²) in [5, 5.41) is 14.3. The van der Waals surface area contributed by atoms with Crippen LogP contribution in [0.3, 0.4) is 0 Å². The fourth-order valence-electron chi connectivity index (χ4n) is 3.84. The number of hydrogen-bond acceptors (Lipinski definition) is 6. The molecule has 0 spiro atoms. The van der Waals surface area contributed by atoms with Crippen LogP contribution in [-0.2, 0) is 12.3 Å². The van der Waals surface area contributed by atoms with E-state index in [9.17, 15) is 0 Å². The van der Waals surface area contributed by atoms with Crippen LogP contribution in [0.15, 0.2) is 70.7 Å². The highest BCUT2D eigenvalue weighted by Crippen LogP contribution is 2.29. The molecule has 1 saturated heterocycles. The molecule has 1 aliphatic heterocycles. The van der Waals surface area contributed by atoms with Crippen LogP contribution in [0.2, 0.25) is 0 Å². The summed E-state index contributed by atoms with van der Waals surface area (Å²) in [4.78, 5) is 2.36. The number of rotatable bonds is 7. The summed E-state index contributed by atoms with van der Waals surface area (Å²) in [6.45, 7) is 5.01. The lowest BCUT2D eigenvalue weighted by Gasteiger charge is -2.31. The van der Waals surface area contributed by atoms with Crippen molar-refractivity contribution in [2.75, 3.05) is 18.0 Å². The van der Waals surface area contributed by atoms with E-state index in [1.54, 1.807) is 24.2 Å². The zero-order valence-corrected chi connectivity index (χ0v) is 18.4. The lowest BCUT2D eigenvalue weighted by molar-refractivity contribution is 0.427. The minimum atomic E-state index is 0.641. The van der Waals surface area contributed by atoms with Gasteiger partial charge in [0.1, 0.15) is 5.76 Å².